The van der Waals surface area contributed by atoms with Gasteiger partial charge >= 0.3 is 42.5 Å². The minimum absolute atomic E-state index is 0.0844. The molecule has 0 spiro atoms. The number of fused-ring (bicyclic) bond motifs is 4. The van der Waals surface area contributed by atoms with E-state index in [0.29, 0.717) is 56.9 Å². The first kappa shape index (κ1) is 81.3. The Labute approximate surface area is 591 Å². The molecule has 43 heteroatoms. The number of hydrogen-bond acceptors (Lipinski definition) is 23. The second-order valence-corrected chi connectivity index (χ2v) is 37.9. The van der Waals surface area contributed by atoms with E-state index in [4.69, 9.17) is 53.8 Å². The number of carbonyl (C=O) groups is 3. The van der Waals surface area contributed by atoms with Crippen molar-refractivity contribution in [2.45, 2.75) is 175 Å². The molecule has 6 unspecified atom stereocenters. The quantitative estimate of drug-likeness (QED) is 0.00651. The van der Waals surface area contributed by atoms with Crippen LogP contribution < -0.4 is 42.5 Å². The first-order chi connectivity index (χ1) is 46.1. The van der Waals surface area contributed by atoms with Gasteiger partial charge in [0.2, 0.25) is 11.8 Å². The lowest BCUT2D eigenvalue weighted by Crippen LogP contribution is -2.39. The van der Waals surface area contributed by atoms with E-state index in [-0.39, 0.29) is 92.5 Å². The number of carboxylic acids is 1. The van der Waals surface area contributed by atoms with Crippen LogP contribution in [0, 0.1) is 6.92 Å². The van der Waals surface area contributed by atoms with Crippen molar-refractivity contribution < 1.29 is 116 Å². The maximum absolute atomic E-state index is 13.8. The molecule has 0 radical (unpaired) electrons. The summed E-state index contributed by atoms with van der Waals surface area (Å²) in [5, 5.41) is 28.3. The Morgan fingerprint density at radius 3 is 2.00 bits per heavy atom. The highest BCUT2D eigenvalue weighted by molar-refractivity contribution is 8.00. The number of aliphatic hydroxyl groups is 1. The molecule has 4 aliphatic rings. The molecule has 8 rings (SSSR count). The zero-order valence-corrected chi connectivity index (χ0v) is 62.8. The molecule has 554 valence electrons. The first-order valence-electron chi connectivity index (χ1n) is 30.8. The van der Waals surface area contributed by atoms with Crippen LogP contribution in [0.3, 0.4) is 0 Å². The van der Waals surface area contributed by atoms with Crippen molar-refractivity contribution in [2.24, 2.45) is 4.99 Å². The van der Waals surface area contributed by atoms with E-state index in [9.17, 15) is 98.0 Å². The third-order valence-electron chi connectivity index (χ3n) is 16.3. The fourth-order valence-corrected chi connectivity index (χ4v) is 22.7. The van der Waals surface area contributed by atoms with Gasteiger partial charge in [-0.25, -0.2) is 27.3 Å². The number of phosphoric ester groups is 2. The van der Waals surface area contributed by atoms with Gasteiger partial charge in [0.25, 0.3) is 25.8 Å². The van der Waals surface area contributed by atoms with Gasteiger partial charge in [0, 0.05) is 70.0 Å². The third kappa shape index (κ3) is 19.7. The summed E-state index contributed by atoms with van der Waals surface area (Å²) in [5.41, 5.74) is -4.10. The van der Waals surface area contributed by atoms with Gasteiger partial charge in [0.05, 0.1) is 62.3 Å². The number of H-pyrrole nitrogens is 1. The molecule has 3 aromatic carbocycles. The average molecular weight is 1600 g/mol. The number of benzene rings is 3. The highest BCUT2D eigenvalue weighted by Gasteiger charge is 2.47. The fraction of sp³-hybridized carbons (Fsp3) is 0.544. The zero-order chi connectivity index (χ0) is 74.4. The molecule has 2 amide bonds. The van der Waals surface area contributed by atoms with Gasteiger partial charge in [-0.3, -0.25) is 56.2 Å². The van der Waals surface area contributed by atoms with Gasteiger partial charge in [0.15, 0.2) is 27.2 Å². The Balaban J connectivity index is 0.812. The van der Waals surface area contributed by atoms with Gasteiger partial charge in [-0.2, -0.15) is 16.8 Å². The Bertz CT molecular complexity index is 4660. The van der Waals surface area contributed by atoms with Crippen molar-refractivity contribution >= 4 is 127 Å². The van der Waals surface area contributed by atoms with Crippen molar-refractivity contribution in [3.63, 3.8) is 0 Å². The lowest BCUT2D eigenvalue weighted by Gasteiger charge is -2.40. The van der Waals surface area contributed by atoms with E-state index in [1.807, 2.05) is 4.98 Å². The summed E-state index contributed by atoms with van der Waals surface area (Å²) in [6.45, 7) is 11.0. The first-order valence-corrected chi connectivity index (χ1v) is 42.3. The van der Waals surface area contributed by atoms with Crippen LogP contribution in [0.1, 0.15) is 168 Å². The van der Waals surface area contributed by atoms with E-state index in [2.05, 4.69) is 29.1 Å². The maximum atomic E-state index is 13.8. The van der Waals surface area contributed by atoms with Crippen molar-refractivity contribution in [1.29, 1.82) is 0 Å². The monoisotopic (exact) mass is 1600 g/mol. The number of carboxylic acid groups (broad SMARTS) is 1. The highest BCUT2D eigenvalue weighted by Crippen LogP contribution is 2.70. The summed E-state index contributed by atoms with van der Waals surface area (Å²) in [6, 6.07) is 3.01. The number of ether oxygens (including phenoxy) is 2. The molecule has 0 saturated carbocycles. The second kappa shape index (κ2) is 31.3. The summed E-state index contributed by atoms with van der Waals surface area (Å²) in [7, 11) is -32.9. The number of anilines is 1. The van der Waals surface area contributed by atoms with E-state index in [0.717, 1.165) is 22.5 Å². The number of nitrogens with one attached hydrogen (secondary N) is 4. The molecule has 1 aromatic heterocycles. The molecule has 0 aliphatic carbocycles. The molecule has 9 atom stereocenters. The lowest BCUT2D eigenvalue weighted by molar-refractivity contribution is -0.121. The molecule has 4 aliphatic heterocycles. The van der Waals surface area contributed by atoms with Gasteiger partial charge < -0.3 is 55.2 Å². The average Bonchev–Trinajstić information content (AvgIpc) is 0.767. The van der Waals surface area contributed by atoms with Crippen LogP contribution in [0.15, 0.2) is 47.6 Å². The molecule has 4 aromatic rings. The second-order valence-electron chi connectivity index (χ2n) is 25.7. The number of amides is 2. The third-order valence-corrected chi connectivity index (χ3v) is 28.2. The smallest absolute Gasteiger partial charge is 0.478 e. The van der Waals surface area contributed by atoms with E-state index >= 15 is 0 Å². The molecule has 1 saturated heterocycles. The van der Waals surface area contributed by atoms with Crippen LogP contribution in [0.2, 0.25) is 15.1 Å². The molecular weight excluding hydrogens is 1530 g/mol. The molecule has 5 heterocycles. The van der Waals surface area contributed by atoms with E-state index < -0.39 is 177 Å². The van der Waals surface area contributed by atoms with Gasteiger partial charge in [-0.1, -0.05) is 67.9 Å². The van der Waals surface area contributed by atoms with E-state index in [1.165, 1.54) is 19.1 Å². The Hall–Kier alpha value is -4.42. The van der Waals surface area contributed by atoms with Crippen LogP contribution in [-0.4, -0.2) is 144 Å². The number of nitrogens with zero attached hydrogens (tertiary/aromatic N) is 2. The molecule has 100 heavy (non-hydrogen) atoms. The van der Waals surface area contributed by atoms with Crippen LogP contribution in [0.25, 0.3) is 5.57 Å². The highest BCUT2D eigenvalue weighted by atomic mass is 35.5. The zero-order valence-electron chi connectivity index (χ0n) is 54.5. The molecule has 1 fully saturated rings. The number of aliphatic hydroxyl groups excluding tert-OH is 1. The lowest BCUT2D eigenvalue weighted by atomic mass is 9.79. The normalized spacial score (nSPS) is 21.6. The number of hydrogen-bond donors (Lipinski definition) is 12. The summed E-state index contributed by atoms with van der Waals surface area (Å²) in [4.78, 5) is 109. The number of aromatic nitrogens is 2. The van der Waals surface area contributed by atoms with Crippen molar-refractivity contribution in [3.8, 4) is 11.5 Å². The number of rotatable bonds is 31. The molecular formula is C57H75Cl3N6O27P4S3. The van der Waals surface area contributed by atoms with Crippen LogP contribution >= 0.6 is 77.4 Å². The van der Waals surface area contributed by atoms with Crippen LogP contribution in [0.4, 0.5) is 5.69 Å². The largest absolute Gasteiger partial charge is 0.479 e. The van der Waals surface area contributed by atoms with Crippen LogP contribution in [0.5, 0.6) is 11.5 Å². The molecule has 0 bridgehead atoms. The number of aromatic amines is 1. The van der Waals surface area contributed by atoms with E-state index in [1.54, 1.807) is 41.5 Å². The minimum atomic E-state index is -5.64. The SMILES string of the molecule is Cc1cn([C@H]2C[C@@H](O)[C@@H](COP(=O)(O)OP(=O)(O)CP(=O)(O)OP(=O)(O)OCCCCCCNC(=O)CCCCCNC(=O)CSc3c(Cl)c(Cl)c(C(=O)O)c(C4=c5cc6c(c(S(=O)(=O)O)c5Oc5c4cc4c(c5S(=O)(=O)O)NC(C)(C)CC4C)=NC(C)(C)CC6C)c3Cl)O2)c(=O)[nH]c1=O. The summed E-state index contributed by atoms with van der Waals surface area (Å²) >= 11 is 21.8. The number of phosphoric acid groups is 2. The Morgan fingerprint density at radius 2 is 1.38 bits per heavy atom. The number of carbonyl (C=O) groups excluding carboxylic acids is 2. The van der Waals surface area contributed by atoms with Crippen molar-refractivity contribution in [2.75, 3.05) is 43.3 Å². The van der Waals surface area contributed by atoms with Gasteiger partial charge in [-0.05, 0) is 108 Å². The minimum Gasteiger partial charge on any atom is -0.478 e. The predicted molar refractivity (Wildman–Crippen MR) is 364 cm³/mol. The van der Waals surface area contributed by atoms with Crippen molar-refractivity contribution in [3.05, 3.63) is 98.2 Å². The summed E-state index contributed by atoms with van der Waals surface area (Å²) in [5.74, 6) is -7.07. The number of halogens is 3. The topological polar surface area (TPSA) is 508 Å². The summed E-state index contributed by atoms with van der Waals surface area (Å²) < 4.78 is 158. The van der Waals surface area contributed by atoms with Crippen LogP contribution in [-0.2, 0) is 70.5 Å². The summed E-state index contributed by atoms with van der Waals surface area (Å²) in [6.07, 6.45) is 0.562. The maximum Gasteiger partial charge on any atom is 0.479 e. The van der Waals surface area contributed by atoms with Crippen molar-refractivity contribution in [1.82, 2.24) is 20.2 Å². The van der Waals surface area contributed by atoms with Gasteiger partial charge in [-0.15, -0.1) is 11.8 Å². The standard InChI is InChI=1S/C57H75Cl3N6O27P4S3/c1-28-22-56(4,5)64-46-31(28)19-33-40(34-20-32-29(2)23-57(6,7)65-47(32)52(100(85,86)87)49(34)91-48(33)51(46)99(82,83)84)41-42(54(71)72)43(58)45(60)50(44(41)59)98-26-38(69)62-17-13-10-11-15-37(68)61-16-12-8-9-14-18-88-96(78,79)92-94(74,75)27-95(76,77)93-97(80,81)89-25-36-35(67)21-39(90-36)66-24-30(3)53(70)63-55(66)73/h19-20,24,28-29,35-36,39,64,67H,8-18,21-23,25-27H2,1-7H3,(H,61,68)(H,62,69)(H,71,72)(H,74,75)(H,76,77)(H,78,79)(H,80,81)(H,63,70,73)(H,82,83,84)(H,85,86,87)/t28?,29?,35-,36-,39-/m1/s1. The predicted octanol–water partition coefficient (Wildman–Crippen LogP) is 8.34. The number of aromatic carboxylic acids is 1. The fourth-order valence-electron chi connectivity index (χ4n) is 12.3. The Kier molecular flexibility index (Phi) is 25.5. The Morgan fingerprint density at radius 1 is 0.790 bits per heavy atom. The number of unbranched alkanes of at least 4 members (excludes halogenated alkanes) is 5. The van der Waals surface area contributed by atoms with Gasteiger partial charge in [0.1, 0.15) is 12.3 Å². The number of aryl methyl sites for hydroxylation is 1. The molecule has 33 nitrogen and oxygen atoms in total. The number of thioether (sulfide) groups is 1. The molecule has 12 N–H and O–H groups in total.